The number of halogens is 1. The van der Waals surface area contributed by atoms with Gasteiger partial charge in [-0.1, -0.05) is 35.9 Å². The molecule has 188 valence electrons. The van der Waals surface area contributed by atoms with Crippen LogP contribution in [0, 0.1) is 0 Å². The Morgan fingerprint density at radius 3 is 2.33 bits per heavy atom. The van der Waals surface area contributed by atoms with Crippen LogP contribution in [0.2, 0.25) is 5.02 Å². The number of nitrogens with zero attached hydrogens (tertiary/aromatic N) is 3. The normalized spacial score (nSPS) is 15.8. The Morgan fingerprint density at radius 2 is 1.78 bits per heavy atom. The maximum Gasteiger partial charge on any atom is 0.338 e. The van der Waals surface area contributed by atoms with Crippen molar-refractivity contribution in [1.82, 2.24) is 9.29 Å². The average Bonchev–Trinajstić information content (AvgIpc) is 3.19. The molecular formula is C23H23ClN6O5S. The highest BCUT2D eigenvalue weighted by Crippen LogP contribution is 2.47. The fraction of sp³-hybridized carbons (Fsp3) is 0.174. The number of primary amides is 1. The zero-order valence-electron chi connectivity index (χ0n) is 19.2. The summed E-state index contributed by atoms with van der Waals surface area (Å²) >= 11 is 6.05. The van der Waals surface area contributed by atoms with Crippen molar-refractivity contribution in [3.05, 3.63) is 82.5 Å². The van der Waals surface area contributed by atoms with Crippen molar-refractivity contribution in [3.63, 3.8) is 0 Å². The van der Waals surface area contributed by atoms with E-state index in [0.29, 0.717) is 16.1 Å². The molecule has 1 aliphatic rings. The lowest BCUT2D eigenvalue weighted by Gasteiger charge is -2.34. The molecule has 0 bridgehead atoms. The van der Waals surface area contributed by atoms with Crippen LogP contribution in [0.3, 0.4) is 0 Å². The van der Waals surface area contributed by atoms with E-state index in [1.165, 1.54) is 38.5 Å². The number of carbonyl (C=O) groups excluding carboxylic acids is 1. The summed E-state index contributed by atoms with van der Waals surface area (Å²) in [7, 11) is -0.950. The lowest BCUT2D eigenvalue weighted by Crippen LogP contribution is -2.40. The lowest BCUT2D eigenvalue weighted by molar-refractivity contribution is -0.119. The van der Waals surface area contributed by atoms with Gasteiger partial charge in [0.15, 0.2) is 5.82 Å². The molecule has 2 heterocycles. The Balaban J connectivity index is 1.82. The quantitative estimate of drug-likeness (QED) is 0.346. The minimum absolute atomic E-state index is 0.0643. The third-order valence-corrected chi connectivity index (χ3v) is 7.36. The van der Waals surface area contributed by atoms with Gasteiger partial charge in [0.2, 0.25) is 5.91 Å². The van der Waals surface area contributed by atoms with Crippen LogP contribution in [0.5, 0.6) is 0 Å². The number of nitrogens with one attached hydrogen (secondary N) is 2. The fourth-order valence-corrected chi connectivity index (χ4v) is 4.67. The van der Waals surface area contributed by atoms with E-state index in [0.717, 1.165) is 4.31 Å². The SMILES string of the molecule is CN(C)S(=O)(=O)Nc1ccc(C(C(N)=O)N2c3c(C(=O)O)ccnc3NC2c2ccc(Cl)cc2)cc1. The van der Waals surface area contributed by atoms with Crippen molar-refractivity contribution in [2.75, 3.05) is 29.0 Å². The van der Waals surface area contributed by atoms with Crippen LogP contribution < -0.4 is 20.7 Å². The first kappa shape index (κ1) is 25.2. The van der Waals surface area contributed by atoms with Crippen molar-refractivity contribution in [3.8, 4) is 0 Å². The standard InChI is InChI=1S/C23H23ClN6O5S/c1-29(2)36(34,35)28-16-9-5-13(6-10-16)18(20(25)31)30-19-17(23(32)33)11-12-26-21(19)27-22(30)14-3-7-15(24)8-4-14/h3-12,18,22,28H,1-2H3,(H2,25,31)(H,26,27)(H,32,33). The number of nitrogens with two attached hydrogens (primary N) is 1. The molecule has 1 aromatic heterocycles. The van der Waals surface area contributed by atoms with Gasteiger partial charge < -0.3 is 21.1 Å². The summed E-state index contributed by atoms with van der Waals surface area (Å²) in [6, 6.07) is 13.2. The summed E-state index contributed by atoms with van der Waals surface area (Å²) in [5.41, 5.74) is 7.38. The predicted octanol–water partition coefficient (Wildman–Crippen LogP) is 2.81. The maximum atomic E-state index is 12.9. The molecular weight excluding hydrogens is 508 g/mol. The van der Waals surface area contributed by atoms with Crippen LogP contribution in [0.1, 0.15) is 33.7 Å². The molecule has 36 heavy (non-hydrogen) atoms. The zero-order chi connectivity index (χ0) is 26.2. The third-order valence-electron chi connectivity index (χ3n) is 5.65. The van der Waals surface area contributed by atoms with Crippen LogP contribution in [0.15, 0.2) is 60.8 Å². The number of hydrogen-bond acceptors (Lipinski definition) is 7. The number of hydrogen-bond donors (Lipinski definition) is 4. The van der Waals surface area contributed by atoms with Crippen LogP contribution in [-0.2, 0) is 15.0 Å². The molecule has 0 spiro atoms. The molecule has 1 amide bonds. The summed E-state index contributed by atoms with van der Waals surface area (Å²) in [6.45, 7) is 0. The number of aromatic carboxylic acids is 1. The van der Waals surface area contributed by atoms with Crippen LogP contribution >= 0.6 is 11.6 Å². The van der Waals surface area contributed by atoms with E-state index in [-0.39, 0.29) is 22.8 Å². The van der Waals surface area contributed by atoms with Gasteiger partial charge >= 0.3 is 16.2 Å². The van der Waals surface area contributed by atoms with Gasteiger partial charge in [-0.2, -0.15) is 12.7 Å². The topological polar surface area (TPSA) is 158 Å². The minimum Gasteiger partial charge on any atom is -0.478 e. The van der Waals surface area contributed by atoms with Gasteiger partial charge in [0.25, 0.3) is 0 Å². The number of benzene rings is 2. The molecule has 5 N–H and O–H groups in total. The zero-order valence-corrected chi connectivity index (χ0v) is 20.8. The number of pyridine rings is 1. The van der Waals surface area contributed by atoms with Crippen LogP contribution in [0.4, 0.5) is 17.2 Å². The summed E-state index contributed by atoms with van der Waals surface area (Å²) in [5, 5.41) is 13.5. The van der Waals surface area contributed by atoms with Crippen molar-refractivity contribution in [2.24, 2.45) is 5.73 Å². The van der Waals surface area contributed by atoms with E-state index in [4.69, 9.17) is 17.3 Å². The highest BCUT2D eigenvalue weighted by molar-refractivity contribution is 7.90. The van der Waals surface area contributed by atoms with Crippen molar-refractivity contribution < 1.29 is 23.1 Å². The molecule has 4 rings (SSSR count). The number of aromatic nitrogens is 1. The largest absolute Gasteiger partial charge is 0.478 e. The Bertz CT molecular complexity index is 1410. The molecule has 0 saturated carbocycles. The van der Waals surface area contributed by atoms with Crippen LogP contribution in [0.25, 0.3) is 0 Å². The summed E-state index contributed by atoms with van der Waals surface area (Å²) in [6.07, 6.45) is 0.664. The van der Waals surface area contributed by atoms with E-state index in [2.05, 4.69) is 15.0 Å². The molecule has 13 heteroatoms. The summed E-state index contributed by atoms with van der Waals surface area (Å²) < 4.78 is 27.7. The van der Waals surface area contributed by atoms with Crippen molar-refractivity contribution in [1.29, 1.82) is 0 Å². The molecule has 3 aromatic rings. The Hall–Kier alpha value is -3.87. The molecule has 2 unspecified atom stereocenters. The van der Waals surface area contributed by atoms with E-state index >= 15 is 0 Å². The number of amides is 1. The van der Waals surface area contributed by atoms with Gasteiger partial charge in [-0.15, -0.1) is 0 Å². The first-order valence-electron chi connectivity index (χ1n) is 10.6. The van der Waals surface area contributed by atoms with Gasteiger partial charge in [-0.05, 0) is 41.5 Å². The maximum absolute atomic E-state index is 12.9. The molecule has 2 aromatic carbocycles. The minimum atomic E-state index is -3.73. The second-order valence-electron chi connectivity index (χ2n) is 8.18. The van der Waals surface area contributed by atoms with E-state index < -0.39 is 34.3 Å². The number of carbonyl (C=O) groups is 2. The molecule has 1 aliphatic heterocycles. The first-order chi connectivity index (χ1) is 17.0. The highest BCUT2D eigenvalue weighted by atomic mass is 35.5. The van der Waals surface area contributed by atoms with E-state index in [9.17, 15) is 23.1 Å². The van der Waals surface area contributed by atoms with Gasteiger partial charge in [0, 0.05) is 31.0 Å². The second kappa shape index (κ2) is 9.64. The smallest absolute Gasteiger partial charge is 0.338 e. The molecule has 11 nitrogen and oxygen atoms in total. The van der Waals surface area contributed by atoms with Crippen molar-refractivity contribution in [2.45, 2.75) is 12.2 Å². The molecule has 0 saturated heterocycles. The van der Waals surface area contributed by atoms with Gasteiger partial charge in [0.05, 0.1) is 11.3 Å². The Labute approximate surface area is 212 Å². The number of carboxylic acids is 1. The number of anilines is 3. The summed E-state index contributed by atoms with van der Waals surface area (Å²) in [4.78, 5) is 30.8. The van der Waals surface area contributed by atoms with E-state index in [1.54, 1.807) is 41.3 Å². The van der Waals surface area contributed by atoms with Crippen LogP contribution in [-0.4, -0.2) is 48.8 Å². The Morgan fingerprint density at radius 1 is 1.14 bits per heavy atom. The lowest BCUT2D eigenvalue weighted by atomic mass is 10.0. The van der Waals surface area contributed by atoms with Gasteiger partial charge in [0.1, 0.15) is 12.2 Å². The predicted molar refractivity (Wildman–Crippen MR) is 136 cm³/mol. The number of carboxylic acid groups (broad SMARTS) is 1. The molecule has 0 radical (unpaired) electrons. The van der Waals surface area contributed by atoms with Crippen molar-refractivity contribution >= 4 is 50.9 Å². The third kappa shape index (κ3) is 4.78. The summed E-state index contributed by atoms with van der Waals surface area (Å²) in [5.74, 6) is -1.67. The van der Waals surface area contributed by atoms with Gasteiger partial charge in [-0.3, -0.25) is 9.52 Å². The second-order valence-corrected chi connectivity index (χ2v) is 10.5. The van der Waals surface area contributed by atoms with E-state index in [1.807, 2.05) is 0 Å². The number of rotatable bonds is 8. The van der Waals surface area contributed by atoms with Gasteiger partial charge in [-0.25, -0.2) is 9.78 Å². The number of fused-ring (bicyclic) bond motifs is 1. The molecule has 0 fully saturated rings. The first-order valence-corrected chi connectivity index (χ1v) is 12.4. The highest BCUT2D eigenvalue weighted by Gasteiger charge is 2.41. The fourth-order valence-electron chi connectivity index (χ4n) is 3.92. The molecule has 0 aliphatic carbocycles. The average molecular weight is 531 g/mol. The molecule has 2 atom stereocenters. The monoisotopic (exact) mass is 530 g/mol. The Kier molecular flexibility index (Phi) is 6.76.